The Bertz CT molecular complexity index is 223. The standard InChI is InChI=1S/C8H11NO2S/c1-2-7-6(3-4-11-7)8(10)9-5-12/h6-7H,2-4H2,1H3. The van der Waals surface area contributed by atoms with Gasteiger partial charge < -0.3 is 4.74 Å². The number of hydrogen-bond acceptors (Lipinski definition) is 3. The first kappa shape index (κ1) is 9.52. The summed E-state index contributed by atoms with van der Waals surface area (Å²) in [6.45, 7) is 2.65. The summed E-state index contributed by atoms with van der Waals surface area (Å²) in [6.07, 6.45) is 1.64. The van der Waals surface area contributed by atoms with Crippen molar-refractivity contribution in [1.82, 2.24) is 0 Å². The van der Waals surface area contributed by atoms with Gasteiger partial charge in [0.05, 0.1) is 17.2 Å². The Labute approximate surface area is 76.8 Å². The van der Waals surface area contributed by atoms with Crippen molar-refractivity contribution in [2.75, 3.05) is 6.61 Å². The molecule has 0 aromatic heterocycles. The van der Waals surface area contributed by atoms with E-state index in [9.17, 15) is 4.79 Å². The number of ether oxygens (including phenoxy) is 1. The zero-order valence-corrected chi connectivity index (χ0v) is 7.76. The minimum atomic E-state index is -0.186. The predicted octanol–water partition coefficient (Wildman–Crippen LogP) is 1.43. The average molecular weight is 185 g/mol. The maximum absolute atomic E-state index is 11.2. The van der Waals surface area contributed by atoms with Gasteiger partial charge in [0, 0.05) is 6.61 Å². The second kappa shape index (κ2) is 4.45. The minimum Gasteiger partial charge on any atom is -0.377 e. The molecule has 12 heavy (non-hydrogen) atoms. The molecule has 1 rings (SSSR count). The van der Waals surface area contributed by atoms with Crippen molar-refractivity contribution in [3.05, 3.63) is 0 Å². The van der Waals surface area contributed by atoms with E-state index in [4.69, 9.17) is 4.74 Å². The highest BCUT2D eigenvalue weighted by atomic mass is 32.1. The molecule has 1 aliphatic heterocycles. The van der Waals surface area contributed by atoms with Crippen LogP contribution in [0.15, 0.2) is 4.99 Å². The third kappa shape index (κ3) is 1.97. The number of carbonyl (C=O) groups excluding carboxylic acids is 1. The predicted molar refractivity (Wildman–Crippen MR) is 48.2 cm³/mol. The van der Waals surface area contributed by atoms with Crippen molar-refractivity contribution in [2.24, 2.45) is 10.9 Å². The summed E-state index contributed by atoms with van der Waals surface area (Å²) in [6, 6.07) is 0. The molecule has 0 N–H and O–H groups in total. The van der Waals surface area contributed by atoms with Crippen LogP contribution in [0.5, 0.6) is 0 Å². The molecule has 3 nitrogen and oxygen atoms in total. The van der Waals surface area contributed by atoms with Gasteiger partial charge >= 0.3 is 0 Å². The summed E-state index contributed by atoms with van der Waals surface area (Å²) < 4.78 is 5.34. The van der Waals surface area contributed by atoms with E-state index in [0.29, 0.717) is 6.61 Å². The number of isothiocyanates is 1. The normalized spacial score (nSPS) is 28.1. The quantitative estimate of drug-likeness (QED) is 0.482. The third-order valence-corrected chi connectivity index (χ3v) is 2.18. The van der Waals surface area contributed by atoms with E-state index in [1.165, 1.54) is 0 Å². The zero-order chi connectivity index (χ0) is 8.97. The third-order valence-electron chi connectivity index (χ3n) is 2.08. The van der Waals surface area contributed by atoms with Crippen LogP contribution in [-0.4, -0.2) is 23.8 Å². The first-order chi connectivity index (χ1) is 5.79. The fraction of sp³-hybridized carbons (Fsp3) is 0.750. The number of amides is 1. The largest absolute Gasteiger partial charge is 0.377 e. The van der Waals surface area contributed by atoms with Crippen molar-refractivity contribution in [1.29, 1.82) is 0 Å². The van der Waals surface area contributed by atoms with Crippen LogP contribution in [0.2, 0.25) is 0 Å². The summed E-state index contributed by atoms with van der Waals surface area (Å²) in [5.41, 5.74) is 0. The molecule has 0 bridgehead atoms. The summed E-state index contributed by atoms with van der Waals surface area (Å²) in [4.78, 5) is 14.7. The van der Waals surface area contributed by atoms with E-state index in [2.05, 4.69) is 22.4 Å². The molecule has 1 heterocycles. The molecular formula is C8H11NO2S. The van der Waals surface area contributed by atoms with Crippen LogP contribution in [0.1, 0.15) is 19.8 Å². The SMILES string of the molecule is CCC1OCCC1C(=O)N=C=S. The molecule has 0 spiro atoms. The Morgan fingerprint density at radius 2 is 2.58 bits per heavy atom. The average Bonchev–Trinajstić information content (AvgIpc) is 2.51. The molecule has 2 atom stereocenters. The van der Waals surface area contributed by atoms with Crippen molar-refractivity contribution < 1.29 is 9.53 Å². The molecule has 0 saturated carbocycles. The van der Waals surface area contributed by atoms with Gasteiger partial charge in [0.25, 0.3) is 5.91 Å². The van der Waals surface area contributed by atoms with E-state index in [1.54, 1.807) is 0 Å². The number of carbonyl (C=O) groups is 1. The van der Waals surface area contributed by atoms with E-state index in [1.807, 2.05) is 6.92 Å². The van der Waals surface area contributed by atoms with Crippen LogP contribution < -0.4 is 0 Å². The van der Waals surface area contributed by atoms with E-state index in [0.717, 1.165) is 12.8 Å². The Morgan fingerprint density at radius 1 is 1.83 bits per heavy atom. The fourth-order valence-electron chi connectivity index (χ4n) is 1.46. The van der Waals surface area contributed by atoms with Crippen molar-refractivity contribution >= 4 is 23.3 Å². The maximum atomic E-state index is 11.2. The molecule has 0 aromatic carbocycles. The minimum absolute atomic E-state index is 0.0320. The second-order valence-electron chi connectivity index (χ2n) is 2.75. The van der Waals surface area contributed by atoms with E-state index in [-0.39, 0.29) is 17.9 Å². The molecule has 4 heteroatoms. The highest BCUT2D eigenvalue weighted by molar-refractivity contribution is 7.78. The lowest BCUT2D eigenvalue weighted by Gasteiger charge is -2.11. The molecule has 1 saturated heterocycles. The van der Waals surface area contributed by atoms with Gasteiger partial charge in [0.15, 0.2) is 0 Å². The number of rotatable bonds is 2. The summed E-state index contributed by atoms with van der Waals surface area (Å²) >= 11 is 4.36. The molecule has 2 unspecified atom stereocenters. The molecule has 1 fully saturated rings. The maximum Gasteiger partial charge on any atom is 0.260 e. The highest BCUT2D eigenvalue weighted by Crippen LogP contribution is 2.24. The lowest BCUT2D eigenvalue weighted by molar-refractivity contribution is -0.123. The van der Waals surface area contributed by atoms with Gasteiger partial charge in [-0.15, -0.1) is 0 Å². The zero-order valence-electron chi connectivity index (χ0n) is 6.95. The Balaban J connectivity index is 2.60. The summed E-state index contributed by atoms with van der Waals surface area (Å²) in [5, 5.41) is 2.09. The Kier molecular flexibility index (Phi) is 3.53. The smallest absolute Gasteiger partial charge is 0.260 e. The lowest BCUT2D eigenvalue weighted by atomic mass is 9.99. The van der Waals surface area contributed by atoms with E-state index < -0.39 is 0 Å². The highest BCUT2D eigenvalue weighted by Gasteiger charge is 2.32. The van der Waals surface area contributed by atoms with Crippen LogP contribution in [0, 0.1) is 5.92 Å². The van der Waals surface area contributed by atoms with Crippen LogP contribution in [0.25, 0.3) is 0 Å². The lowest BCUT2D eigenvalue weighted by Crippen LogP contribution is -2.21. The van der Waals surface area contributed by atoms with Crippen LogP contribution in [0.3, 0.4) is 0 Å². The Hall–Kier alpha value is -0.570. The van der Waals surface area contributed by atoms with Gasteiger partial charge in [-0.2, -0.15) is 4.99 Å². The van der Waals surface area contributed by atoms with Gasteiger partial charge in [-0.3, -0.25) is 4.79 Å². The first-order valence-electron chi connectivity index (χ1n) is 4.03. The van der Waals surface area contributed by atoms with Crippen LogP contribution in [0.4, 0.5) is 0 Å². The summed E-state index contributed by atoms with van der Waals surface area (Å²) in [7, 11) is 0. The monoisotopic (exact) mass is 185 g/mol. The van der Waals surface area contributed by atoms with Gasteiger partial charge in [-0.25, -0.2) is 0 Å². The molecule has 1 amide bonds. The molecule has 1 aliphatic rings. The Morgan fingerprint density at radius 3 is 3.17 bits per heavy atom. The topological polar surface area (TPSA) is 38.7 Å². The van der Waals surface area contributed by atoms with Crippen molar-refractivity contribution in [3.8, 4) is 0 Å². The van der Waals surface area contributed by atoms with Crippen molar-refractivity contribution in [2.45, 2.75) is 25.9 Å². The van der Waals surface area contributed by atoms with Gasteiger partial charge in [-0.05, 0) is 25.1 Å². The van der Waals surface area contributed by atoms with Crippen LogP contribution in [-0.2, 0) is 9.53 Å². The molecule has 0 aromatic rings. The molecule has 0 radical (unpaired) electrons. The van der Waals surface area contributed by atoms with Gasteiger partial charge in [-0.1, -0.05) is 6.92 Å². The number of thiocarbonyl (C=S) groups is 1. The number of aliphatic imine (C=N–C) groups is 1. The fourth-order valence-corrected chi connectivity index (χ4v) is 1.55. The number of nitrogens with zero attached hydrogens (tertiary/aromatic N) is 1. The van der Waals surface area contributed by atoms with E-state index >= 15 is 0 Å². The molecule has 0 aliphatic carbocycles. The van der Waals surface area contributed by atoms with Gasteiger partial charge in [0.1, 0.15) is 0 Å². The van der Waals surface area contributed by atoms with Crippen molar-refractivity contribution in [3.63, 3.8) is 0 Å². The van der Waals surface area contributed by atoms with Crippen LogP contribution >= 0.6 is 12.2 Å². The second-order valence-corrected chi connectivity index (χ2v) is 2.94. The number of hydrogen-bond donors (Lipinski definition) is 0. The molecular weight excluding hydrogens is 174 g/mol. The summed E-state index contributed by atoms with van der Waals surface area (Å²) in [5.74, 6) is -0.278. The van der Waals surface area contributed by atoms with Gasteiger partial charge in [0.2, 0.25) is 0 Å². The first-order valence-corrected chi connectivity index (χ1v) is 4.43. The molecule has 66 valence electrons.